The molecule has 0 amide bonds. The van der Waals surface area contributed by atoms with E-state index < -0.39 is 0 Å². The summed E-state index contributed by atoms with van der Waals surface area (Å²) in [6.07, 6.45) is 7.07. The summed E-state index contributed by atoms with van der Waals surface area (Å²) < 4.78 is 12.8. The molecule has 1 aromatic heterocycles. The van der Waals surface area contributed by atoms with E-state index in [0.29, 0.717) is 6.04 Å². The second-order valence-corrected chi connectivity index (χ2v) is 4.53. The van der Waals surface area contributed by atoms with Crippen LogP contribution in [0.5, 0.6) is 0 Å². The lowest BCUT2D eigenvalue weighted by molar-refractivity contribution is 0.146. The first-order valence-corrected chi connectivity index (χ1v) is 7.16. The van der Waals surface area contributed by atoms with E-state index in [1.807, 2.05) is 19.3 Å². The molecule has 0 saturated heterocycles. The smallest absolute Gasteiger partial charge is 0.203 e. The Hall–Kier alpha value is -1.07. The Morgan fingerprint density at radius 3 is 2.95 bits per heavy atom. The third-order valence-corrected chi connectivity index (χ3v) is 3.00. The fourth-order valence-corrected chi connectivity index (χ4v) is 2.09. The van der Waals surface area contributed by atoms with Gasteiger partial charge < -0.3 is 19.4 Å². The molecule has 5 heteroatoms. The predicted octanol–water partition coefficient (Wildman–Crippen LogP) is 2.71. The van der Waals surface area contributed by atoms with Crippen molar-refractivity contribution in [2.24, 2.45) is 0 Å². The van der Waals surface area contributed by atoms with Crippen LogP contribution in [0.1, 0.15) is 39.2 Å². The first kappa shape index (κ1) is 16.0. The molecule has 0 aromatic carbocycles. The van der Waals surface area contributed by atoms with E-state index in [1.165, 1.54) is 0 Å². The number of anilines is 1. The summed E-state index contributed by atoms with van der Waals surface area (Å²) in [7, 11) is 1.74. The predicted molar refractivity (Wildman–Crippen MR) is 77.6 cm³/mol. The number of nitrogens with one attached hydrogen (secondary N) is 1. The van der Waals surface area contributed by atoms with Crippen LogP contribution in [-0.4, -0.2) is 43.0 Å². The van der Waals surface area contributed by atoms with Crippen molar-refractivity contribution in [1.82, 2.24) is 9.55 Å². The molecule has 1 rings (SSSR count). The molecule has 0 aliphatic carbocycles. The first-order chi connectivity index (χ1) is 9.33. The van der Waals surface area contributed by atoms with Crippen LogP contribution in [0.25, 0.3) is 0 Å². The summed E-state index contributed by atoms with van der Waals surface area (Å²) in [5.74, 6) is 0.923. The van der Waals surface area contributed by atoms with Gasteiger partial charge in [0, 0.05) is 39.3 Å². The number of rotatable bonds is 11. The minimum atomic E-state index is 0.354. The molecular weight excluding hydrogens is 242 g/mol. The van der Waals surface area contributed by atoms with Crippen LogP contribution in [0.3, 0.4) is 0 Å². The van der Waals surface area contributed by atoms with Crippen molar-refractivity contribution < 1.29 is 9.47 Å². The monoisotopic (exact) mass is 269 g/mol. The van der Waals surface area contributed by atoms with Crippen molar-refractivity contribution in [3.8, 4) is 0 Å². The molecule has 0 bridgehead atoms. The summed E-state index contributed by atoms with van der Waals surface area (Å²) in [5.41, 5.74) is 0. The fourth-order valence-electron chi connectivity index (χ4n) is 2.09. The second kappa shape index (κ2) is 9.81. The van der Waals surface area contributed by atoms with Crippen LogP contribution in [0.15, 0.2) is 12.4 Å². The maximum Gasteiger partial charge on any atom is 0.203 e. The van der Waals surface area contributed by atoms with Gasteiger partial charge in [-0.25, -0.2) is 4.98 Å². The third kappa shape index (κ3) is 5.61. The largest absolute Gasteiger partial charge is 0.383 e. The number of aromatic nitrogens is 2. The number of hydrogen-bond donors (Lipinski definition) is 1. The molecule has 1 unspecified atom stereocenters. The summed E-state index contributed by atoms with van der Waals surface area (Å²) in [6.45, 7) is 7.37. The van der Waals surface area contributed by atoms with Crippen molar-refractivity contribution in [3.63, 3.8) is 0 Å². The molecule has 1 N–H and O–H groups in total. The molecule has 0 aliphatic heterocycles. The Morgan fingerprint density at radius 2 is 2.26 bits per heavy atom. The minimum absolute atomic E-state index is 0.354. The SMILES string of the molecule is CCCC(COC)n1ccnc1NCCCOCC. The number of imidazole rings is 1. The molecule has 0 aliphatic rings. The highest BCUT2D eigenvalue weighted by Crippen LogP contribution is 2.19. The zero-order valence-electron chi connectivity index (χ0n) is 12.4. The van der Waals surface area contributed by atoms with Gasteiger partial charge in [-0.1, -0.05) is 13.3 Å². The van der Waals surface area contributed by atoms with Crippen molar-refractivity contribution in [3.05, 3.63) is 12.4 Å². The van der Waals surface area contributed by atoms with Gasteiger partial charge in [0.2, 0.25) is 5.95 Å². The molecule has 1 aromatic rings. The minimum Gasteiger partial charge on any atom is -0.383 e. The summed E-state index contributed by atoms with van der Waals surface area (Å²) in [5, 5.41) is 3.37. The number of hydrogen-bond acceptors (Lipinski definition) is 4. The lowest BCUT2D eigenvalue weighted by Crippen LogP contribution is -2.18. The standard InChI is InChI=1S/C14H27N3O2/c1-4-7-13(12-18-3)17-10-9-16-14(17)15-8-6-11-19-5-2/h9-10,13H,4-8,11-12H2,1-3H3,(H,15,16). The molecule has 5 nitrogen and oxygen atoms in total. The Labute approximate surface area is 116 Å². The summed E-state index contributed by atoms with van der Waals surface area (Å²) >= 11 is 0. The highest BCUT2D eigenvalue weighted by Gasteiger charge is 2.13. The molecule has 19 heavy (non-hydrogen) atoms. The maximum absolute atomic E-state index is 5.32. The van der Waals surface area contributed by atoms with Gasteiger partial charge in [0.1, 0.15) is 0 Å². The Bertz CT molecular complexity index is 322. The van der Waals surface area contributed by atoms with Crippen LogP contribution >= 0.6 is 0 Å². The number of methoxy groups -OCH3 is 1. The van der Waals surface area contributed by atoms with Gasteiger partial charge in [0.15, 0.2) is 0 Å². The van der Waals surface area contributed by atoms with Gasteiger partial charge in [-0.2, -0.15) is 0 Å². The van der Waals surface area contributed by atoms with E-state index in [1.54, 1.807) is 7.11 Å². The average Bonchev–Trinajstić information content (AvgIpc) is 2.86. The van der Waals surface area contributed by atoms with E-state index in [-0.39, 0.29) is 0 Å². The highest BCUT2D eigenvalue weighted by molar-refractivity contribution is 5.26. The van der Waals surface area contributed by atoms with Gasteiger partial charge in [-0.05, 0) is 19.8 Å². The third-order valence-electron chi connectivity index (χ3n) is 3.00. The second-order valence-electron chi connectivity index (χ2n) is 4.53. The zero-order chi connectivity index (χ0) is 13.9. The lowest BCUT2D eigenvalue weighted by atomic mass is 10.2. The van der Waals surface area contributed by atoms with E-state index in [4.69, 9.17) is 9.47 Å². The van der Waals surface area contributed by atoms with Gasteiger partial charge >= 0.3 is 0 Å². The molecular formula is C14H27N3O2. The highest BCUT2D eigenvalue weighted by atomic mass is 16.5. The van der Waals surface area contributed by atoms with Gasteiger partial charge in [0.05, 0.1) is 12.6 Å². The van der Waals surface area contributed by atoms with Crippen LogP contribution in [-0.2, 0) is 9.47 Å². The Kier molecular flexibility index (Phi) is 8.25. The number of ether oxygens (including phenoxy) is 2. The van der Waals surface area contributed by atoms with Crippen LogP contribution in [0.2, 0.25) is 0 Å². The lowest BCUT2D eigenvalue weighted by Gasteiger charge is -2.20. The van der Waals surface area contributed by atoms with Gasteiger partial charge in [-0.15, -0.1) is 0 Å². The fraction of sp³-hybridized carbons (Fsp3) is 0.786. The van der Waals surface area contributed by atoms with E-state index >= 15 is 0 Å². The molecule has 0 saturated carbocycles. The average molecular weight is 269 g/mol. The quantitative estimate of drug-likeness (QED) is 0.627. The Morgan fingerprint density at radius 1 is 1.42 bits per heavy atom. The molecule has 1 heterocycles. The molecule has 110 valence electrons. The summed E-state index contributed by atoms with van der Waals surface area (Å²) in [6, 6.07) is 0.354. The van der Waals surface area contributed by atoms with Gasteiger partial charge in [-0.3, -0.25) is 0 Å². The van der Waals surface area contributed by atoms with Gasteiger partial charge in [0.25, 0.3) is 0 Å². The van der Waals surface area contributed by atoms with Crippen molar-refractivity contribution in [2.45, 2.75) is 39.2 Å². The molecule has 0 fully saturated rings. The number of nitrogens with zero attached hydrogens (tertiary/aromatic N) is 2. The van der Waals surface area contributed by atoms with Crippen LogP contribution in [0, 0.1) is 0 Å². The van der Waals surface area contributed by atoms with E-state index in [2.05, 4.69) is 21.8 Å². The topological polar surface area (TPSA) is 48.3 Å². The van der Waals surface area contributed by atoms with Crippen LogP contribution in [0.4, 0.5) is 5.95 Å². The van der Waals surface area contributed by atoms with Crippen LogP contribution < -0.4 is 5.32 Å². The van der Waals surface area contributed by atoms with Crippen molar-refractivity contribution >= 4 is 5.95 Å². The normalized spacial score (nSPS) is 12.6. The molecule has 1 atom stereocenters. The zero-order valence-corrected chi connectivity index (χ0v) is 12.4. The molecule has 0 radical (unpaired) electrons. The van der Waals surface area contributed by atoms with E-state index in [9.17, 15) is 0 Å². The maximum atomic E-state index is 5.32. The summed E-state index contributed by atoms with van der Waals surface area (Å²) in [4.78, 5) is 4.37. The van der Waals surface area contributed by atoms with Crippen molar-refractivity contribution in [2.75, 3.05) is 38.8 Å². The molecule has 0 spiro atoms. The van der Waals surface area contributed by atoms with E-state index in [0.717, 1.165) is 51.6 Å². The first-order valence-electron chi connectivity index (χ1n) is 7.16. The Balaban J connectivity index is 2.47. The van der Waals surface area contributed by atoms with Crippen molar-refractivity contribution in [1.29, 1.82) is 0 Å².